The Hall–Kier alpha value is -1.55. The van der Waals surface area contributed by atoms with Gasteiger partial charge < -0.3 is 35.7 Å². The van der Waals surface area contributed by atoms with Gasteiger partial charge in [-0.05, 0) is 56.8 Å². The van der Waals surface area contributed by atoms with Crippen molar-refractivity contribution < 1.29 is 40.5 Å². The second-order valence-electron chi connectivity index (χ2n) is 12.8. The Labute approximate surface area is 233 Å². The molecule has 0 radical (unpaired) electrons. The van der Waals surface area contributed by atoms with E-state index in [4.69, 9.17) is 0 Å². The Morgan fingerprint density at radius 3 is 2.23 bits per heavy atom. The predicted octanol–water partition coefficient (Wildman–Crippen LogP) is 3.06. The van der Waals surface area contributed by atoms with E-state index in [1.807, 2.05) is 52.8 Å². The summed E-state index contributed by atoms with van der Waals surface area (Å²) < 4.78 is 0. The van der Waals surface area contributed by atoms with E-state index >= 15 is 0 Å². The summed E-state index contributed by atoms with van der Waals surface area (Å²) in [5.41, 5.74) is 0.521. The first kappa shape index (κ1) is 33.7. The fourth-order valence-electron chi connectivity index (χ4n) is 6.69. The summed E-state index contributed by atoms with van der Waals surface area (Å²) in [6, 6.07) is 0. The molecule has 0 aromatic heterocycles. The van der Waals surface area contributed by atoms with Gasteiger partial charge in [-0.25, -0.2) is 4.79 Å². The molecule has 0 aromatic carbocycles. The van der Waals surface area contributed by atoms with Gasteiger partial charge in [0.15, 0.2) is 0 Å². The quantitative estimate of drug-likeness (QED) is 0.144. The van der Waals surface area contributed by atoms with E-state index in [-0.39, 0.29) is 60.8 Å². The maximum atomic E-state index is 11.7. The lowest BCUT2D eigenvalue weighted by atomic mass is 9.51. The molecule has 0 heterocycles. The summed E-state index contributed by atoms with van der Waals surface area (Å²) in [5, 5.41) is 72.9. The number of aliphatic hydroxyl groups is 6. The summed E-state index contributed by atoms with van der Waals surface area (Å²) >= 11 is 0. The molecule has 1 saturated carbocycles. The van der Waals surface area contributed by atoms with Crippen LogP contribution < -0.4 is 0 Å². The third-order valence-electron chi connectivity index (χ3n) is 9.47. The van der Waals surface area contributed by atoms with Crippen LogP contribution in [0.4, 0.5) is 0 Å². The second-order valence-corrected chi connectivity index (χ2v) is 12.8. The van der Waals surface area contributed by atoms with Crippen molar-refractivity contribution in [3.63, 3.8) is 0 Å². The summed E-state index contributed by atoms with van der Waals surface area (Å²) in [6.45, 7) is 12.9. The molecule has 1 fully saturated rings. The molecule has 0 amide bonds. The first-order valence-electron chi connectivity index (χ1n) is 14.4. The molecule has 8 nitrogen and oxygen atoms in total. The molecule has 0 bridgehead atoms. The Balaban J connectivity index is 2.19. The first-order valence-corrected chi connectivity index (χ1v) is 14.4. The Bertz CT molecular complexity index is 910. The SMILES string of the molecule is CC(=CC1C(C(C)=CCC(O)CC(O)CC(O)C(C)C(O)C(C)C)C=CC2(C)C(O)CC(O)C(C)C12)C(=O)O. The Morgan fingerprint density at radius 1 is 1.05 bits per heavy atom. The molecule has 0 spiro atoms. The van der Waals surface area contributed by atoms with Crippen LogP contribution in [0.1, 0.15) is 74.1 Å². The lowest BCUT2D eigenvalue weighted by Crippen LogP contribution is -2.55. The van der Waals surface area contributed by atoms with Crippen LogP contribution in [0.15, 0.2) is 35.5 Å². The topological polar surface area (TPSA) is 159 Å². The molecule has 0 aromatic rings. The molecule has 0 aliphatic heterocycles. The Kier molecular flexibility index (Phi) is 12.0. The number of carboxylic acids is 1. The Morgan fingerprint density at radius 2 is 1.67 bits per heavy atom. The highest BCUT2D eigenvalue weighted by molar-refractivity contribution is 5.85. The number of aliphatic hydroxyl groups excluding tert-OH is 6. The number of allylic oxidation sites excluding steroid dienone is 3. The average molecular weight is 553 g/mol. The van der Waals surface area contributed by atoms with Crippen molar-refractivity contribution in [1.82, 2.24) is 0 Å². The molecule has 7 N–H and O–H groups in total. The van der Waals surface area contributed by atoms with Crippen LogP contribution in [0.3, 0.4) is 0 Å². The fourth-order valence-corrected chi connectivity index (χ4v) is 6.69. The molecule has 2 aliphatic rings. The van der Waals surface area contributed by atoms with Gasteiger partial charge in [-0.15, -0.1) is 0 Å². The van der Waals surface area contributed by atoms with Crippen molar-refractivity contribution in [3.8, 4) is 0 Å². The smallest absolute Gasteiger partial charge is 0.330 e. The number of rotatable bonds is 12. The molecular weight excluding hydrogens is 500 g/mol. The first-order chi connectivity index (χ1) is 18.0. The van der Waals surface area contributed by atoms with Gasteiger partial charge in [0.2, 0.25) is 0 Å². The van der Waals surface area contributed by atoms with E-state index < -0.39 is 53.9 Å². The minimum Gasteiger partial charge on any atom is -0.478 e. The number of carbonyl (C=O) groups is 1. The molecule has 8 heteroatoms. The summed E-state index contributed by atoms with van der Waals surface area (Å²) in [5.74, 6) is -2.25. The molecule has 39 heavy (non-hydrogen) atoms. The third-order valence-corrected chi connectivity index (χ3v) is 9.47. The van der Waals surface area contributed by atoms with Crippen molar-refractivity contribution in [2.24, 2.45) is 40.9 Å². The van der Waals surface area contributed by atoms with Crippen LogP contribution in [-0.2, 0) is 4.79 Å². The largest absolute Gasteiger partial charge is 0.478 e. The van der Waals surface area contributed by atoms with Crippen LogP contribution in [0.25, 0.3) is 0 Å². The average Bonchev–Trinajstić information content (AvgIpc) is 2.84. The van der Waals surface area contributed by atoms with Crippen LogP contribution in [-0.4, -0.2) is 78.3 Å². The van der Waals surface area contributed by atoms with Gasteiger partial charge in [-0.3, -0.25) is 0 Å². The van der Waals surface area contributed by atoms with Gasteiger partial charge in [0.05, 0.1) is 36.6 Å². The maximum absolute atomic E-state index is 11.7. The monoisotopic (exact) mass is 552 g/mol. The highest BCUT2D eigenvalue weighted by Crippen LogP contribution is 2.55. The summed E-state index contributed by atoms with van der Waals surface area (Å²) in [6.07, 6.45) is 3.51. The van der Waals surface area contributed by atoms with Crippen LogP contribution in [0.5, 0.6) is 0 Å². The van der Waals surface area contributed by atoms with Gasteiger partial charge >= 0.3 is 5.97 Å². The van der Waals surface area contributed by atoms with Crippen LogP contribution in [0.2, 0.25) is 0 Å². The lowest BCUT2D eigenvalue weighted by molar-refractivity contribution is -0.132. The van der Waals surface area contributed by atoms with Crippen LogP contribution in [0, 0.1) is 40.9 Å². The minimum absolute atomic E-state index is 0.0155. The van der Waals surface area contributed by atoms with Crippen LogP contribution >= 0.6 is 0 Å². The van der Waals surface area contributed by atoms with E-state index in [1.165, 1.54) is 0 Å². The molecule has 0 saturated heterocycles. The fraction of sp³-hybridized carbons (Fsp3) is 0.774. The molecule has 2 rings (SSSR count). The van der Waals surface area contributed by atoms with Gasteiger partial charge in [0.1, 0.15) is 0 Å². The number of aliphatic carboxylic acids is 1. The molecular formula is C31H52O8. The number of carboxylic acid groups (broad SMARTS) is 1. The molecule has 12 atom stereocenters. The maximum Gasteiger partial charge on any atom is 0.330 e. The number of hydrogen-bond acceptors (Lipinski definition) is 7. The predicted molar refractivity (Wildman–Crippen MR) is 151 cm³/mol. The van der Waals surface area contributed by atoms with E-state index in [1.54, 1.807) is 19.9 Å². The minimum atomic E-state index is -1.02. The molecule has 2 aliphatic carbocycles. The van der Waals surface area contributed by atoms with Crippen molar-refractivity contribution in [3.05, 3.63) is 35.5 Å². The lowest BCUT2D eigenvalue weighted by Gasteiger charge is -2.55. The molecule has 12 unspecified atom stereocenters. The van der Waals surface area contributed by atoms with Crippen molar-refractivity contribution >= 4 is 5.97 Å². The van der Waals surface area contributed by atoms with Crippen molar-refractivity contribution in [2.75, 3.05) is 0 Å². The zero-order valence-electron chi connectivity index (χ0n) is 24.6. The van der Waals surface area contributed by atoms with Gasteiger partial charge in [-0.2, -0.15) is 0 Å². The normalized spacial score (nSPS) is 35.7. The van der Waals surface area contributed by atoms with Gasteiger partial charge in [0, 0.05) is 29.2 Å². The summed E-state index contributed by atoms with van der Waals surface area (Å²) in [7, 11) is 0. The zero-order valence-corrected chi connectivity index (χ0v) is 24.6. The second kappa shape index (κ2) is 13.9. The van der Waals surface area contributed by atoms with E-state index in [9.17, 15) is 40.5 Å². The van der Waals surface area contributed by atoms with E-state index in [2.05, 4.69) is 0 Å². The molecule has 224 valence electrons. The number of hydrogen-bond donors (Lipinski definition) is 7. The van der Waals surface area contributed by atoms with Gasteiger partial charge in [-0.1, -0.05) is 64.5 Å². The standard InChI is InChI=1S/C31H52O8/c1-16(2)29(37)20(6)25(34)14-22(33)13-21(32)9-8-17(3)23-10-11-31(7)27(36)15-26(35)19(5)28(31)24(23)12-18(4)30(38)39/h8,10-12,16,19-29,32-37H,9,13-15H2,1-7H3,(H,38,39). The highest BCUT2D eigenvalue weighted by Gasteiger charge is 2.54. The van der Waals surface area contributed by atoms with E-state index in [0.717, 1.165) is 5.57 Å². The van der Waals surface area contributed by atoms with Crippen molar-refractivity contribution in [1.29, 1.82) is 0 Å². The highest BCUT2D eigenvalue weighted by atomic mass is 16.4. The van der Waals surface area contributed by atoms with E-state index in [0.29, 0.717) is 0 Å². The summed E-state index contributed by atoms with van der Waals surface area (Å²) in [4.78, 5) is 11.7. The van der Waals surface area contributed by atoms with Gasteiger partial charge in [0.25, 0.3) is 0 Å². The zero-order chi connectivity index (χ0) is 29.8. The van der Waals surface area contributed by atoms with Crippen molar-refractivity contribution in [2.45, 2.75) is 111 Å². The third kappa shape index (κ3) is 8.02. The number of fused-ring (bicyclic) bond motifs is 1.